The first-order valence-corrected chi connectivity index (χ1v) is 10.1. The van der Waals surface area contributed by atoms with Gasteiger partial charge in [-0.2, -0.15) is 0 Å². The van der Waals surface area contributed by atoms with Gasteiger partial charge in [-0.1, -0.05) is 59.7 Å². The van der Waals surface area contributed by atoms with Gasteiger partial charge in [0, 0.05) is 6.04 Å². The maximum atomic E-state index is 13.1. The van der Waals surface area contributed by atoms with Gasteiger partial charge in [-0.25, -0.2) is 13.1 Å². The van der Waals surface area contributed by atoms with Crippen LogP contribution in [0.15, 0.2) is 59.0 Å². The summed E-state index contributed by atoms with van der Waals surface area (Å²) in [5.41, 5.74) is 4.26. The molecule has 0 aliphatic carbocycles. The summed E-state index contributed by atoms with van der Waals surface area (Å²) in [6, 6.07) is 13.0. The topological polar surface area (TPSA) is 66.4 Å². The van der Waals surface area contributed by atoms with Crippen molar-refractivity contribution in [2.75, 3.05) is 6.61 Å². The molecule has 0 heterocycles. The number of hydrogen-bond acceptors (Lipinski definition) is 3. The van der Waals surface area contributed by atoms with Gasteiger partial charge in [0.15, 0.2) is 0 Å². The normalized spacial score (nSPS) is 13.7. The summed E-state index contributed by atoms with van der Waals surface area (Å²) in [5.74, 6) is 0. The van der Waals surface area contributed by atoms with E-state index >= 15 is 0 Å². The third-order valence-corrected chi connectivity index (χ3v) is 6.01. The molecule has 140 valence electrons. The smallest absolute Gasteiger partial charge is 0.241 e. The lowest BCUT2D eigenvalue weighted by Gasteiger charge is -2.19. The Labute approximate surface area is 156 Å². The van der Waals surface area contributed by atoms with Crippen LogP contribution in [0.25, 0.3) is 0 Å². The number of rotatable bonds is 7. The molecule has 0 bridgehead atoms. The highest BCUT2D eigenvalue weighted by molar-refractivity contribution is 7.89. The highest BCUT2D eigenvalue weighted by Crippen LogP contribution is 2.22. The van der Waals surface area contributed by atoms with Gasteiger partial charge in [-0.05, 0) is 50.8 Å². The Bertz CT molecular complexity index is 864. The van der Waals surface area contributed by atoms with Gasteiger partial charge in [0.25, 0.3) is 0 Å². The second-order valence-corrected chi connectivity index (χ2v) is 8.47. The van der Waals surface area contributed by atoms with Crippen LogP contribution in [0.5, 0.6) is 0 Å². The lowest BCUT2D eigenvalue weighted by molar-refractivity contribution is 0.330. The Morgan fingerprint density at radius 2 is 1.69 bits per heavy atom. The molecular weight excluding hydrogens is 346 g/mol. The van der Waals surface area contributed by atoms with Crippen LogP contribution >= 0.6 is 0 Å². The molecule has 5 heteroatoms. The summed E-state index contributed by atoms with van der Waals surface area (Å²) in [5, 5.41) is 9.34. The maximum Gasteiger partial charge on any atom is 0.241 e. The van der Waals surface area contributed by atoms with Crippen molar-refractivity contribution in [2.45, 2.75) is 45.1 Å². The SMILES string of the molecule is C/C(=C\[C@H](Cc1ccccc1)NS(=O)(=O)c1c(C)cc(C)cc1C)CO. The Morgan fingerprint density at radius 1 is 1.12 bits per heavy atom. The van der Waals surface area contributed by atoms with E-state index in [0.29, 0.717) is 11.3 Å². The monoisotopic (exact) mass is 373 g/mol. The van der Waals surface area contributed by atoms with E-state index in [1.807, 2.05) is 63.2 Å². The first-order valence-electron chi connectivity index (χ1n) is 8.65. The number of benzene rings is 2. The third kappa shape index (κ3) is 5.27. The Morgan fingerprint density at radius 3 is 2.23 bits per heavy atom. The minimum absolute atomic E-state index is 0.102. The molecule has 0 unspecified atom stereocenters. The zero-order valence-electron chi connectivity index (χ0n) is 15.8. The fourth-order valence-electron chi connectivity index (χ4n) is 3.25. The quantitative estimate of drug-likeness (QED) is 0.731. The van der Waals surface area contributed by atoms with Gasteiger partial charge >= 0.3 is 0 Å². The van der Waals surface area contributed by atoms with Crippen LogP contribution < -0.4 is 4.72 Å². The van der Waals surface area contributed by atoms with Crippen LogP contribution in [0.2, 0.25) is 0 Å². The minimum Gasteiger partial charge on any atom is -0.392 e. The number of aryl methyl sites for hydroxylation is 3. The molecule has 2 aromatic carbocycles. The molecule has 2 aromatic rings. The number of aliphatic hydroxyl groups excluding tert-OH is 1. The molecular formula is C21H27NO3S. The molecule has 2 rings (SSSR count). The lowest BCUT2D eigenvalue weighted by atomic mass is 10.0. The predicted molar refractivity (Wildman–Crippen MR) is 106 cm³/mol. The fraction of sp³-hybridized carbons (Fsp3) is 0.333. The molecule has 1 atom stereocenters. The van der Waals surface area contributed by atoms with Crippen LogP contribution in [0.1, 0.15) is 29.2 Å². The van der Waals surface area contributed by atoms with Crippen molar-refractivity contribution in [2.24, 2.45) is 0 Å². The van der Waals surface area contributed by atoms with Crippen LogP contribution in [0, 0.1) is 20.8 Å². The van der Waals surface area contributed by atoms with E-state index in [4.69, 9.17) is 0 Å². The highest BCUT2D eigenvalue weighted by atomic mass is 32.2. The van der Waals surface area contributed by atoms with Crippen molar-refractivity contribution >= 4 is 10.0 Å². The summed E-state index contributed by atoms with van der Waals surface area (Å²) < 4.78 is 28.9. The molecule has 0 aliphatic heterocycles. The van der Waals surface area contributed by atoms with Crippen molar-refractivity contribution < 1.29 is 13.5 Å². The molecule has 0 amide bonds. The fourth-order valence-corrected chi connectivity index (χ4v) is 4.88. The van der Waals surface area contributed by atoms with Crippen molar-refractivity contribution in [3.8, 4) is 0 Å². The van der Waals surface area contributed by atoms with Crippen LogP contribution in [-0.2, 0) is 16.4 Å². The largest absolute Gasteiger partial charge is 0.392 e. The highest BCUT2D eigenvalue weighted by Gasteiger charge is 2.23. The first kappa shape index (κ1) is 20.4. The van der Waals surface area contributed by atoms with Gasteiger partial charge < -0.3 is 5.11 Å². The van der Waals surface area contributed by atoms with E-state index in [2.05, 4.69) is 4.72 Å². The molecule has 26 heavy (non-hydrogen) atoms. The molecule has 0 fully saturated rings. The molecule has 0 radical (unpaired) electrons. The Hall–Kier alpha value is -1.95. The molecule has 0 spiro atoms. The summed E-state index contributed by atoms with van der Waals surface area (Å²) in [6.07, 6.45) is 2.30. The Balaban J connectivity index is 2.37. The molecule has 0 aliphatic rings. The zero-order valence-corrected chi connectivity index (χ0v) is 16.6. The zero-order chi connectivity index (χ0) is 19.3. The summed E-state index contributed by atoms with van der Waals surface area (Å²) in [7, 11) is -3.69. The second-order valence-electron chi connectivity index (χ2n) is 6.82. The van der Waals surface area contributed by atoms with Gasteiger partial charge in [-0.15, -0.1) is 0 Å². The lowest BCUT2D eigenvalue weighted by Crippen LogP contribution is -2.36. The summed E-state index contributed by atoms with van der Waals surface area (Å²) >= 11 is 0. The molecule has 0 saturated heterocycles. The van der Waals surface area contributed by atoms with Crippen LogP contribution in [-0.4, -0.2) is 26.2 Å². The predicted octanol–water partition coefficient (Wildman–Crippen LogP) is 3.44. The van der Waals surface area contributed by atoms with E-state index in [-0.39, 0.29) is 6.61 Å². The molecule has 2 N–H and O–H groups in total. The van der Waals surface area contributed by atoms with Gasteiger partial charge in [0.05, 0.1) is 11.5 Å². The van der Waals surface area contributed by atoms with Crippen molar-refractivity contribution in [1.29, 1.82) is 0 Å². The average molecular weight is 374 g/mol. The molecule has 0 saturated carbocycles. The first-order chi connectivity index (χ1) is 12.2. The van der Waals surface area contributed by atoms with Gasteiger partial charge in [0.2, 0.25) is 10.0 Å². The van der Waals surface area contributed by atoms with Gasteiger partial charge in [-0.3, -0.25) is 0 Å². The third-order valence-electron chi connectivity index (χ3n) is 4.21. The minimum atomic E-state index is -3.69. The van der Waals surface area contributed by atoms with Crippen molar-refractivity contribution in [3.63, 3.8) is 0 Å². The number of hydrogen-bond donors (Lipinski definition) is 2. The summed E-state index contributed by atoms with van der Waals surface area (Å²) in [4.78, 5) is 0.330. The maximum absolute atomic E-state index is 13.1. The van der Waals surface area contributed by atoms with Crippen LogP contribution in [0.4, 0.5) is 0 Å². The van der Waals surface area contributed by atoms with E-state index in [0.717, 1.165) is 27.8 Å². The summed E-state index contributed by atoms with van der Waals surface area (Å²) in [6.45, 7) is 7.27. The molecule has 4 nitrogen and oxygen atoms in total. The number of sulfonamides is 1. The van der Waals surface area contributed by atoms with Crippen molar-refractivity contribution in [3.05, 3.63) is 76.4 Å². The van der Waals surface area contributed by atoms with Crippen LogP contribution in [0.3, 0.4) is 0 Å². The van der Waals surface area contributed by atoms with Gasteiger partial charge in [0.1, 0.15) is 0 Å². The standard InChI is InChI=1S/C21H27NO3S/c1-15-10-17(3)21(18(4)11-15)26(24,25)22-20(12-16(2)14-23)13-19-8-6-5-7-9-19/h5-12,20,22-23H,13-14H2,1-4H3/b16-12+/t20-/m1/s1. The second kappa shape index (κ2) is 8.62. The van der Waals surface area contributed by atoms with E-state index in [9.17, 15) is 13.5 Å². The van der Waals surface area contributed by atoms with E-state index in [1.54, 1.807) is 13.0 Å². The number of aliphatic hydroxyl groups is 1. The van der Waals surface area contributed by atoms with E-state index in [1.165, 1.54) is 0 Å². The van der Waals surface area contributed by atoms with Crippen molar-refractivity contribution in [1.82, 2.24) is 4.72 Å². The molecule has 0 aromatic heterocycles. The van der Waals surface area contributed by atoms with E-state index < -0.39 is 16.1 Å². The number of nitrogens with one attached hydrogen (secondary N) is 1. The average Bonchev–Trinajstić information content (AvgIpc) is 2.53. The Kier molecular flexibility index (Phi) is 6.75.